The van der Waals surface area contributed by atoms with Crippen LogP contribution in [-0.4, -0.2) is 28.6 Å². The number of nitrogens with zero attached hydrogens (tertiary/aromatic N) is 2. The van der Waals surface area contributed by atoms with Crippen molar-refractivity contribution < 1.29 is 9.53 Å². The van der Waals surface area contributed by atoms with E-state index >= 15 is 0 Å². The van der Waals surface area contributed by atoms with E-state index in [0.29, 0.717) is 26.0 Å². The molecule has 0 spiro atoms. The zero-order chi connectivity index (χ0) is 26.2. The van der Waals surface area contributed by atoms with Crippen LogP contribution in [0.25, 0.3) is 10.9 Å². The zero-order valence-corrected chi connectivity index (χ0v) is 21.7. The summed E-state index contributed by atoms with van der Waals surface area (Å²) in [4.78, 5) is 17.6. The highest BCUT2D eigenvalue weighted by Crippen LogP contribution is 2.35. The predicted molar refractivity (Wildman–Crippen MR) is 153 cm³/mol. The number of pyridine rings is 1. The summed E-state index contributed by atoms with van der Waals surface area (Å²) in [6.45, 7) is 3.93. The van der Waals surface area contributed by atoms with Crippen LogP contribution >= 0.6 is 0 Å². The van der Waals surface area contributed by atoms with Crippen molar-refractivity contribution >= 4 is 16.8 Å². The molecule has 0 saturated carbocycles. The van der Waals surface area contributed by atoms with Crippen LogP contribution in [-0.2, 0) is 17.8 Å². The molecule has 5 nitrogen and oxygen atoms in total. The SMILES string of the molecule is CCOc1ccc([C@@H](CC(=O)NCCc2ccccn2)c2cn(Cc3ccccc3)c3ccccc23)cc1. The molecule has 3 aromatic carbocycles. The Bertz CT molecular complexity index is 1460. The minimum Gasteiger partial charge on any atom is -0.494 e. The van der Waals surface area contributed by atoms with E-state index in [0.717, 1.165) is 34.6 Å². The first-order chi connectivity index (χ1) is 18.7. The maximum Gasteiger partial charge on any atom is 0.220 e. The molecule has 5 aromatic rings. The minimum atomic E-state index is -0.0950. The number of amides is 1. The largest absolute Gasteiger partial charge is 0.494 e. The van der Waals surface area contributed by atoms with Gasteiger partial charge in [-0.15, -0.1) is 0 Å². The summed E-state index contributed by atoms with van der Waals surface area (Å²) >= 11 is 0. The van der Waals surface area contributed by atoms with E-state index in [1.54, 1.807) is 6.20 Å². The molecule has 192 valence electrons. The van der Waals surface area contributed by atoms with Crippen LogP contribution in [0.3, 0.4) is 0 Å². The molecule has 0 bridgehead atoms. The summed E-state index contributed by atoms with van der Waals surface area (Å²) in [6, 6.07) is 32.9. The Balaban J connectivity index is 1.44. The molecule has 0 fully saturated rings. The van der Waals surface area contributed by atoms with Crippen LogP contribution < -0.4 is 10.1 Å². The number of rotatable bonds is 11. The molecule has 0 aliphatic carbocycles. The van der Waals surface area contributed by atoms with Crippen molar-refractivity contribution in [1.29, 1.82) is 0 Å². The number of carbonyl (C=O) groups is 1. The van der Waals surface area contributed by atoms with Crippen LogP contribution in [0.15, 0.2) is 109 Å². The average Bonchev–Trinajstić information content (AvgIpc) is 3.31. The van der Waals surface area contributed by atoms with Gasteiger partial charge in [0, 0.05) is 60.8 Å². The second-order valence-corrected chi connectivity index (χ2v) is 9.39. The normalized spacial score (nSPS) is 11.8. The smallest absolute Gasteiger partial charge is 0.220 e. The fraction of sp³-hybridized carbons (Fsp3) is 0.212. The molecule has 0 unspecified atom stereocenters. The molecule has 0 saturated heterocycles. The second kappa shape index (κ2) is 12.2. The van der Waals surface area contributed by atoms with Gasteiger partial charge in [-0.1, -0.05) is 66.7 Å². The topological polar surface area (TPSA) is 56.1 Å². The van der Waals surface area contributed by atoms with Crippen molar-refractivity contribution in [3.05, 3.63) is 132 Å². The monoisotopic (exact) mass is 503 g/mol. The Kier molecular flexibility index (Phi) is 8.14. The van der Waals surface area contributed by atoms with Gasteiger partial charge >= 0.3 is 0 Å². The number of aromatic nitrogens is 2. The lowest BCUT2D eigenvalue weighted by Crippen LogP contribution is -2.27. The van der Waals surface area contributed by atoms with Crippen LogP contribution in [0.2, 0.25) is 0 Å². The summed E-state index contributed by atoms with van der Waals surface area (Å²) in [6.07, 6.45) is 5.07. The van der Waals surface area contributed by atoms with Gasteiger partial charge in [0.2, 0.25) is 5.91 Å². The molecule has 38 heavy (non-hydrogen) atoms. The van der Waals surface area contributed by atoms with Crippen molar-refractivity contribution in [2.24, 2.45) is 0 Å². The van der Waals surface area contributed by atoms with E-state index in [1.165, 1.54) is 10.9 Å². The third-order valence-electron chi connectivity index (χ3n) is 6.80. The maximum atomic E-state index is 13.2. The molecule has 1 N–H and O–H groups in total. The zero-order valence-electron chi connectivity index (χ0n) is 21.7. The highest BCUT2D eigenvalue weighted by Gasteiger charge is 2.23. The Morgan fingerprint density at radius 3 is 2.45 bits per heavy atom. The van der Waals surface area contributed by atoms with Crippen molar-refractivity contribution in [2.75, 3.05) is 13.2 Å². The van der Waals surface area contributed by atoms with Gasteiger partial charge in [0.05, 0.1) is 6.61 Å². The number of ether oxygens (including phenoxy) is 1. The first kappa shape index (κ1) is 25.3. The summed E-state index contributed by atoms with van der Waals surface area (Å²) in [7, 11) is 0. The number of fused-ring (bicyclic) bond motifs is 1. The number of benzene rings is 3. The van der Waals surface area contributed by atoms with E-state index in [4.69, 9.17) is 4.74 Å². The number of hydrogen-bond donors (Lipinski definition) is 1. The molecule has 2 aromatic heterocycles. The quantitative estimate of drug-likeness (QED) is 0.228. The molecule has 0 aliphatic rings. The van der Waals surface area contributed by atoms with Gasteiger partial charge in [0.25, 0.3) is 0 Å². The average molecular weight is 504 g/mol. The molecular formula is C33H33N3O2. The highest BCUT2D eigenvalue weighted by molar-refractivity contribution is 5.86. The van der Waals surface area contributed by atoms with Gasteiger partial charge in [-0.3, -0.25) is 9.78 Å². The summed E-state index contributed by atoms with van der Waals surface area (Å²) < 4.78 is 7.97. The first-order valence-corrected chi connectivity index (χ1v) is 13.2. The summed E-state index contributed by atoms with van der Waals surface area (Å²) in [5.41, 5.74) is 5.62. The van der Waals surface area contributed by atoms with E-state index in [-0.39, 0.29) is 11.8 Å². The lowest BCUT2D eigenvalue weighted by molar-refractivity contribution is -0.121. The number of hydrogen-bond acceptors (Lipinski definition) is 3. The first-order valence-electron chi connectivity index (χ1n) is 13.2. The van der Waals surface area contributed by atoms with Gasteiger partial charge in [0.15, 0.2) is 0 Å². The second-order valence-electron chi connectivity index (χ2n) is 9.39. The fourth-order valence-corrected chi connectivity index (χ4v) is 4.97. The van der Waals surface area contributed by atoms with Crippen molar-refractivity contribution in [2.45, 2.75) is 32.2 Å². The van der Waals surface area contributed by atoms with E-state index in [9.17, 15) is 4.79 Å². The Morgan fingerprint density at radius 1 is 0.921 bits per heavy atom. The predicted octanol–water partition coefficient (Wildman–Crippen LogP) is 6.36. The molecular weight excluding hydrogens is 470 g/mol. The van der Waals surface area contributed by atoms with Crippen molar-refractivity contribution in [1.82, 2.24) is 14.9 Å². The Labute approximate surface area is 224 Å². The summed E-state index contributed by atoms with van der Waals surface area (Å²) in [5, 5.41) is 4.29. The van der Waals surface area contributed by atoms with Crippen molar-refractivity contribution in [3.8, 4) is 5.75 Å². The minimum absolute atomic E-state index is 0.0275. The van der Waals surface area contributed by atoms with E-state index in [1.807, 2.05) is 43.3 Å². The maximum absolute atomic E-state index is 13.2. The van der Waals surface area contributed by atoms with Crippen LogP contribution in [0.1, 0.15) is 41.6 Å². The number of carbonyl (C=O) groups excluding carboxylic acids is 1. The van der Waals surface area contributed by atoms with Gasteiger partial charge in [-0.05, 0) is 53.9 Å². The third-order valence-corrected chi connectivity index (χ3v) is 6.80. The molecule has 2 heterocycles. The van der Waals surface area contributed by atoms with Gasteiger partial charge in [0.1, 0.15) is 5.75 Å². The van der Waals surface area contributed by atoms with Crippen LogP contribution in [0.5, 0.6) is 5.75 Å². The van der Waals surface area contributed by atoms with Gasteiger partial charge in [-0.25, -0.2) is 0 Å². The van der Waals surface area contributed by atoms with Crippen molar-refractivity contribution in [3.63, 3.8) is 0 Å². The standard InChI is InChI=1S/C33H33N3O2/c1-2-38-28-17-15-26(16-18-28)30(22-33(37)35-21-19-27-12-8-9-20-34-27)31-24-36(23-25-10-4-3-5-11-25)32-14-7-6-13-29(31)32/h3-18,20,24,30H,2,19,21-23H2,1H3,(H,35,37)/t30-/m1/s1. The van der Waals surface area contributed by atoms with Crippen LogP contribution in [0.4, 0.5) is 0 Å². The summed E-state index contributed by atoms with van der Waals surface area (Å²) in [5.74, 6) is 0.767. The number of nitrogens with one attached hydrogen (secondary N) is 1. The molecule has 5 heteroatoms. The highest BCUT2D eigenvalue weighted by atomic mass is 16.5. The molecule has 0 radical (unpaired) electrons. The van der Waals surface area contributed by atoms with Crippen LogP contribution in [0, 0.1) is 0 Å². The Hall–Kier alpha value is -4.38. The Morgan fingerprint density at radius 2 is 1.68 bits per heavy atom. The molecule has 1 atom stereocenters. The lowest BCUT2D eigenvalue weighted by atomic mass is 9.88. The molecule has 0 aliphatic heterocycles. The number of para-hydroxylation sites is 1. The van der Waals surface area contributed by atoms with Gasteiger partial charge in [-0.2, -0.15) is 0 Å². The lowest BCUT2D eigenvalue weighted by Gasteiger charge is -2.18. The van der Waals surface area contributed by atoms with Gasteiger partial charge < -0.3 is 14.6 Å². The van der Waals surface area contributed by atoms with E-state index in [2.05, 4.69) is 81.7 Å². The van der Waals surface area contributed by atoms with E-state index < -0.39 is 0 Å². The fourth-order valence-electron chi connectivity index (χ4n) is 4.97. The molecule has 1 amide bonds. The third kappa shape index (κ3) is 6.12. The molecule has 5 rings (SSSR count).